The minimum atomic E-state index is 0.569. The summed E-state index contributed by atoms with van der Waals surface area (Å²) in [6.45, 7) is 8.81. The number of benzene rings is 1. The predicted octanol–water partition coefficient (Wildman–Crippen LogP) is 1.87. The van der Waals surface area contributed by atoms with Crippen molar-refractivity contribution in [3.8, 4) is 5.75 Å². The van der Waals surface area contributed by atoms with Crippen LogP contribution in [-0.4, -0.2) is 34.4 Å². The zero-order valence-electron chi connectivity index (χ0n) is 14.8. The number of rotatable bonds is 7. The normalized spacial score (nSPS) is 11.4. The summed E-state index contributed by atoms with van der Waals surface area (Å²) in [6.07, 6.45) is 1.73. The fourth-order valence-corrected chi connectivity index (χ4v) is 2.34. The number of hydrogen-bond acceptors (Lipinski definition) is 4. The van der Waals surface area contributed by atoms with Crippen LogP contribution < -0.4 is 15.4 Å². The monoisotopic (exact) mass is 330 g/mol. The van der Waals surface area contributed by atoms with Gasteiger partial charge in [0.25, 0.3) is 0 Å². The fraction of sp³-hybridized carbons (Fsp3) is 0.471. The van der Waals surface area contributed by atoms with Crippen LogP contribution in [0.2, 0.25) is 0 Å². The summed E-state index contributed by atoms with van der Waals surface area (Å²) in [7, 11) is 1.75. The molecule has 0 spiro atoms. The second kappa shape index (κ2) is 8.90. The molecule has 24 heavy (non-hydrogen) atoms. The number of ether oxygens (including phenoxy) is 1. The van der Waals surface area contributed by atoms with Crippen LogP contribution in [0.25, 0.3) is 0 Å². The van der Waals surface area contributed by atoms with Crippen LogP contribution in [0.5, 0.6) is 5.75 Å². The molecule has 2 rings (SSSR count). The molecule has 0 aliphatic rings. The highest BCUT2D eigenvalue weighted by atomic mass is 16.5. The largest absolute Gasteiger partial charge is 0.494 e. The zero-order chi connectivity index (χ0) is 17.4. The van der Waals surface area contributed by atoms with Gasteiger partial charge < -0.3 is 19.9 Å². The van der Waals surface area contributed by atoms with Crippen molar-refractivity contribution in [1.29, 1.82) is 0 Å². The van der Waals surface area contributed by atoms with Gasteiger partial charge in [0, 0.05) is 25.7 Å². The van der Waals surface area contributed by atoms with Crippen molar-refractivity contribution in [1.82, 2.24) is 25.4 Å². The Hall–Kier alpha value is -2.57. The summed E-state index contributed by atoms with van der Waals surface area (Å²) in [5, 5.41) is 14.6. The first-order chi connectivity index (χ1) is 11.7. The first-order valence-electron chi connectivity index (χ1n) is 8.21. The van der Waals surface area contributed by atoms with Gasteiger partial charge in [0.1, 0.15) is 12.1 Å². The quantitative estimate of drug-likeness (QED) is 0.599. The first-order valence-corrected chi connectivity index (χ1v) is 8.21. The number of aromatic nitrogens is 3. The molecule has 0 atom stereocenters. The van der Waals surface area contributed by atoms with E-state index in [1.807, 2.05) is 11.5 Å². The van der Waals surface area contributed by atoms with Gasteiger partial charge in [-0.1, -0.05) is 12.1 Å². The molecule has 0 radical (unpaired) electrons. The van der Waals surface area contributed by atoms with Gasteiger partial charge in [-0.25, -0.2) is 0 Å². The lowest BCUT2D eigenvalue weighted by Gasteiger charge is -2.15. The van der Waals surface area contributed by atoms with Crippen LogP contribution >= 0.6 is 0 Å². The van der Waals surface area contributed by atoms with Crippen molar-refractivity contribution >= 4 is 5.96 Å². The summed E-state index contributed by atoms with van der Waals surface area (Å²) in [6, 6.07) is 6.22. The molecule has 1 aromatic carbocycles. The zero-order valence-corrected chi connectivity index (χ0v) is 14.8. The Bertz CT molecular complexity index is 679. The Balaban J connectivity index is 1.94. The summed E-state index contributed by atoms with van der Waals surface area (Å²) < 4.78 is 7.70. The average molecular weight is 330 g/mol. The number of guanidine groups is 1. The molecule has 2 N–H and O–H groups in total. The van der Waals surface area contributed by atoms with E-state index in [1.165, 1.54) is 5.56 Å². The average Bonchev–Trinajstić information content (AvgIpc) is 3.04. The van der Waals surface area contributed by atoms with Gasteiger partial charge in [-0.15, -0.1) is 10.2 Å². The van der Waals surface area contributed by atoms with Crippen LogP contribution in [0.15, 0.2) is 29.5 Å². The highest BCUT2D eigenvalue weighted by Gasteiger charge is 2.07. The standard InChI is InChI=1S/C17H26N6O/c1-5-23-12-21-22-16(23)11-20-17(18-4)19-10-14-8-7-13(3)9-15(14)24-6-2/h7-9,12H,5-6,10-11H2,1-4H3,(H2,18,19,20). The van der Waals surface area contributed by atoms with E-state index >= 15 is 0 Å². The van der Waals surface area contributed by atoms with Gasteiger partial charge in [0.05, 0.1) is 13.2 Å². The van der Waals surface area contributed by atoms with Crippen molar-refractivity contribution in [2.45, 2.75) is 40.4 Å². The van der Waals surface area contributed by atoms with E-state index in [9.17, 15) is 0 Å². The van der Waals surface area contributed by atoms with E-state index < -0.39 is 0 Å². The summed E-state index contributed by atoms with van der Waals surface area (Å²) in [5.74, 6) is 2.50. The Morgan fingerprint density at radius 3 is 2.75 bits per heavy atom. The Labute approximate surface area is 143 Å². The second-order valence-corrected chi connectivity index (χ2v) is 5.36. The van der Waals surface area contributed by atoms with E-state index in [0.29, 0.717) is 25.7 Å². The molecule has 1 aromatic heterocycles. The molecule has 0 aliphatic carbocycles. The van der Waals surface area contributed by atoms with Gasteiger partial charge in [-0.05, 0) is 32.4 Å². The Kier molecular flexibility index (Phi) is 6.60. The third-order valence-electron chi connectivity index (χ3n) is 3.64. The van der Waals surface area contributed by atoms with Crippen LogP contribution in [0.4, 0.5) is 0 Å². The lowest BCUT2D eigenvalue weighted by atomic mass is 10.1. The maximum Gasteiger partial charge on any atom is 0.191 e. The van der Waals surface area contributed by atoms with E-state index in [-0.39, 0.29) is 0 Å². The number of nitrogens with one attached hydrogen (secondary N) is 2. The molecule has 7 nitrogen and oxygen atoms in total. The smallest absolute Gasteiger partial charge is 0.191 e. The number of nitrogens with zero attached hydrogens (tertiary/aromatic N) is 4. The molecule has 130 valence electrons. The number of hydrogen-bond donors (Lipinski definition) is 2. The van der Waals surface area contributed by atoms with Crippen LogP contribution in [-0.2, 0) is 19.6 Å². The van der Waals surface area contributed by atoms with Crippen molar-refractivity contribution in [2.75, 3.05) is 13.7 Å². The number of aliphatic imine (C=N–C) groups is 1. The number of aryl methyl sites for hydroxylation is 2. The van der Waals surface area contributed by atoms with Gasteiger partial charge in [0.2, 0.25) is 0 Å². The molecule has 2 aromatic rings. The Morgan fingerprint density at radius 2 is 2.04 bits per heavy atom. The maximum absolute atomic E-state index is 5.71. The van der Waals surface area contributed by atoms with E-state index in [0.717, 1.165) is 23.7 Å². The molecule has 0 saturated carbocycles. The van der Waals surface area contributed by atoms with Crippen molar-refractivity contribution in [2.24, 2.45) is 4.99 Å². The first kappa shape index (κ1) is 17.8. The van der Waals surface area contributed by atoms with Crippen molar-refractivity contribution in [3.63, 3.8) is 0 Å². The van der Waals surface area contributed by atoms with E-state index in [2.05, 4.69) is 57.9 Å². The predicted molar refractivity (Wildman–Crippen MR) is 95.1 cm³/mol. The van der Waals surface area contributed by atoms with Gasteiger partial charge in [-0.3, -0.25) is 4.99 Å². The fourth-order valence-electron chi connectivity index (χ4n) is 2.34. The lowest BCUT2D eigenvalue weighted by molar-refractivity contribution is 0.336. The maximum atomic E-state index is 5.71. The van der Waals surface area contributed by atoms with E-state index in [4.69, 9.17) is 4.74 Å². The molecule has 0 bridgehead atoms. The van der Waals surface area contributed by atoms with Gasteiger partial charge >= 0.3 is 0 Å². The lowest BCUT2D eigenvalue weighted by Crippen LogP contribution is -2.37. The minimum Gasteiger partial charge on any atom is -0.494 e. The second-order valence-electron chi connectivity index (χ2n) is 5.36. The molecule has 0 unspecified atom stereocenters. The minimum absolute atomic E-state index is 0.569. The molecule has 0 aliphatic heterocycles. The van der Waals surface area contributed by atoms with Crippen LogP contribution in [0.3, 0.4) is 0 Å². The summed E-state index contributed by atoms with van der Waals surface area (Å²) in [4.78, 5) is 4.25. The highest BCUT2D eigenvalue weighted by Crippen LogP contribution is 2.20. The van der Waals surface area contributed by atoms with Crippen LogP contribution in [0, 0.1) is 6.92 Å². The molecule has 0 amide bonds. The molecule has 0 saturated heterocycles. The van der Waals surface area contributed by atoms with E-state index in [1.54, 1.807) is 13.4 Å². The molecular formula is C17H26N6O. The third-order valence-corrected chi connectivity index (χ3v) is 3.64. The SMILES string of the molecule is CCOc1cc(C)ccc1CNC(=NC)NCc1nncn1CC. The third kappa shape index (κ3) is 4.71. The Morgan fingerprint density at radius 1 is 1.25 bits per heavy atom. The van der Waals surface area contributed by atoms with Crippen LogP contribution in [0.1, 0.15) is 30.8 Å². The summed E-state index contributed by atoms with van der Waals surface area (Å²) >= 11 is 0. The molecule has 1 heterocycles. The molecular weight excluding hydrogens is 304 g/mol. The summed E-state index contributed by atoms with van der Waals surface area (Å²) in [5.41, 5.74) is 2.28. The highest BCUT2D eigenvalue weighted by molar-refractivity contribution is 5.79. The van der Waals surface area contributed by atoms with Gasteiger partial charge in [0.15, 0.2) is 11.8 Å². The van der Waals surface area contributed by atoms with Gasteiger partial charge in [-0.2, -0.15) is 0 Å². The topological polar surface area (TPSA) is 76.4 Å². The molecule has 7 heteroatoms. The molecule has 0 fully saturated rings. The van der Waals surface area contributed by atoms with Crippen molar-refractivity contribution < 1.29 is 4.74 Å². The van der Waals surface area contributed by atoms with Crippen molar-refractivity contribution in [3.05, 3.63) is 41.5 Å².